The van der Waals surface area contributed by atoms with Gasteiger partial charge in [-0.15, -0.1) is 0 Å². The zero-order valence-corrected chi connectivity index (χ0v) is 6.58. The molecule has 11 heavy (non-hydrogen) atoms. The molecule has 0 aromatic carbocycles. The lowest BCUT2D eigenvalue weighted by Gasteiger charge is -2.11. The molecule has 0 atom stereocenters. The standard InChI is InChI=1S/C6H7BF3S/c8-7(9,10)3-1-6-2-4-11-5-6/h2,4-5H,1,3H2/q-1. The Morgan fingerprint density at radius 1 is 1.36 bits per heavy atom. The van der Waals surface area contributed by atoms with Gasteiger partial charge in [0.1, 0.15) is 0 Å². The summed E-state index contributed by atoms with van der Waals surface area (Å²) >= 11 is 1.43. The molecule has 0 spiro atoms. The summed E-state index contributed by atoms with van der Waals surface area (Å²) in [6, 6.07) is 1.73. The molecule has 0 aliphatic rings. The first-order valence-corrected chi connectivity index (χ1v) is 4.24. The van der Waals surface area contributed by atoms with Crippen LogP contribution in [0.15, 0.2) is 16.8 Å². The van der Waals surface area contributed by atoms with Gasteiger partial charge < -0.3 is 12.9 Å². The van der Waals surface area contributed by atoms with Crippen LogP contribution in [0.4, 0.5) is 12.9 Å². The fourth-order valence-corrected chi connectivity index (χ4v) is 1.47. The molecule has 1 heterocycles. The van der Waals surface area contributed by atoms with Crippen LogP contribution in [-0.4, -0.2) is 6.98 Å². The van der Waals surface area contributed by atoms with Gasteiger partial charge in [0, 0.05) is 0 Å². The molecule has 0 unspecified atom stereocenters. The van der Waals surface area contributed by atoms with Crippen molar-refractivity contribution >= 4 is 18.3 Å². The summed E-state index contributed by atoms with van der Waals surface area (Å²) in [4.78, 5) is 0. The molecule has 0 amide bonds. The van der Waals surface area contributed by atoms with Crippen molar-refractivity contribution in [3.63, 3.8) is 0 Å². The molecule has 62 valence electrons. The maximum Gasteiger partial charge on any atom is 0.478 e. The number of hydrogen-bond acceptors (Lipinski definition) is 1. The van der Waals surface area contributed by atoms with Crippen LogP contribution in [0.1, 0.15) is 5.56 Å². The Morgan fingerprint density at radius 2 is 2.09 bits per heavy atom. The monoisotopic (exact) mass is 179 g/mol. The largest absolute Gasteiger partial charge is 0.478 e. The molecule has 0 saturated carbocycles. The van der Waals surface area contributed by atoms with Crippen molar-refractivity contribution in [3.8, 4) is 0 Å². The van der Waals surface area contributed by atoms with Gasteiger partial charge >= 0.3 is 6.98 Å². The minimum absolute atomic E-state index is 0.132. The second-order valence-electron chi connectivity index (χ2n) is 2.38. The van der Waals surface area contributed by atoms with Gasteiger partial charge in [0.2, 0.25) is 0 Å². The first-order valence-electron chi connectivity index (χ1n) is 3.30. The Kier molecular flexibility index (Phi) is 2.60. The third-order valence-corrected chi connectivity index (χ3v) is 2.07. The van der Waals surface area contributed by atoms with Crippen molar-refractivity contribution in [2.24, 2.45) is 0 Å². The lowest BCUT2D eigenvalue weighted by atomic mass is 9.83. The first kappa shape index (κ1) is 8.65. The lowest BCUT2D eigenvalue weighted by Crippen LogP contribution is -2.14. The summed E-state index contributed by atoms with van der Waals surface area (Å²) in [6.07, 6.45) is -0.524. The van der Waals surface area contributed by atoms with Gasteiger partial charge in [-0.3, -0.25) is 0 Å². The fraction of sp³-hybridized carbons (Fsp3) is 0.333. The molecule has 0 N–H and O–H groups in total. The number of hydrogen-bond donors (Lipinski definition) is 0. The third-order valence-electron chi connectivity index (χ3n) is 1.34. The quantitative estimate of drug-likeness (QED) is 0.625. The highest BCUT2D eigenvalue weighted by molar-refractivity contribution is 7.07. The SMILES string of the molecule is F[B-](F)(F)CCc1ccsc1. The van der Waals surface area contributed by atoms with Gasteiger partial charge in [0.25, 0.3) is 0 Å². The van der Waals surface area contributed by atoms with Crippen LogP contribution in [0.5, 0.6) is 0 Å². The number of halogens is 3. The van der Waals surface area contributed by atoms with Crippen LogP contribution >= 0.6 is 11.3 Å². The smallest absolute Gasteiger partial charge is 0.449 e. The van der Waals surface area contributed by atoms with Gasteiger partial charge in [-0.2, -0.15) is 11.3 Å². The summed E-state index contributed by atoms with van der Waals surface area (Å²) in [5.41, 5.74) is 0.786. The lowest BCUT2D eigenvalue weighted by molar-refractivity contribution is 0.468. The van der Waals surface area contributed by atoms with E-state index in [-0.39, 0.29) is 6.42 Å². The average molecular weight is 179 g/mol. The van der Waals surface area contributed by atoms with E-state index in [1.54, 1.807) is 16.8 Å². The summed E-state index contributed by atoms with van der Waals surface area (Å²) in [7, 11) is 0. The Balaban J connectivity index is 2.35. The highest BCUT2D eigenvalue weighted by atomic mass is 32.1. The van der Waals surface area contributed by atoms with Crippen molar-refractivity contribution in [1.82, 2.24) is 0 Å². The summed E-state index contributed by atoms with van der Waals surface area (Å²) in [5.74, 6) is 0. The maximum absolute atomic E-state index is 11.7. The minimum atomic E-state index is -4.60. The van der Waals surface area contributed by atoms with E-state index in [9.17, 15) is 12.9 Å². The fourth-order valence-electron chi connectivity index (χ4n) is 0.765. The van der Waals surface area contributed by atoms with Gasteiger partial charge in [-0.1, -0.05) is 12.7 Å². The highest BCUT2D eigenvalue weighted by Crippen LogP contribution is 2.19. The Hall–Kier alpha value is -0.445. The van der Waals surface area contributed by atoms with Crippen LogP contribution in [-0.2, 0) is 6.42 Å². The van der Waals surface area contributed by atoms with E-state index in [1.807, 2.05) is 0 Å². The predicted molar refractivity (Wildman–Crippen MR) is 41.9 cm³/mol. The molecule has 0 nitrogen and oxygen atoms in total. The second kappa shape index (κ2) is 3.30. The van der Waals surface area contributed by atoms with Crippen LogP contribution in [0.3, 0.4) is 0 Å². The molecule has 0 fully saturated rings. The molecule has 0 radical (unpaired) electrons. The molecule has 0 bridgehead atoms. The predicted octanol–water partition coefficient (Wildman–Crippen LogP) is 3.14. The van der Waals surface area contributed by atoms with Gasteiger partial charge in [0.05, 0.1) is 0 Å². The van der Waals surface area contributed by atoms with E-state index >= 15 is 0 Å². The summed E-state index contributed by atoms with van der Waals surface area (Å²) < 4.78 is 35.1. The van der Waals surface area contributed by atoms with Crippen LogP contribution in [0.25, 0.3) is 0 Å². The van der Waals surface area contributed by atoms with Crippen molar-refractivity contribution in [2.75, 3.05) is 0 Å². The molecule has 1 aromatic heterocycles. The van der Waals surface area contributed by atoms with E-state index < -0.39 is 13.3 Å². The van der Waals surface area contributed by atoms with Crippen LogP contribution in [0, 0.1) is 0 Å². The molecule has 0 aliphatic heterocycles. The molecule has 1 rings (SSSR count). The van der Waals surface area contributed by atoms with Crippen molar-refractivity contribution in [3.05, 3.63) is 22.4 Å². The Labute approximate surface area is 67.1 Å². The first-order chi connectivity index (χ1) is 5.08. The average Bonchev–Trinajstić information content (AvgIpc) is 2.32. The highest BCUT2D eigenvalue weighted by Gasteiger charge is 2.21. The number of thiophene rings is 1. The Morgan fingerprint density at radius 3 is 2.55 bits per heavy atom. The zero-order valence-electron chi connectivity index (χ0n) is 5.77. The van der Waals surface area contributed by atoms with Crippen molar-refractivity contribution in [1.29, 1.82) is 0 Å². The van der Waals surface area contributed by atoms with E-state index in [0.717, 1.165) is 5.56 Å². The number of rotatable bonds is 3. The van der Waals surface area contributed by atoms with E-state index in [1.165, 1.54) is 11.3 Å². The summed E-state index contributed by atoms with van der Waals surface area (Å²) in [5, 5.41) is 3.54. The molecule has 0 aliphatic carbocycles. The van der Waals surface area contributed by atoms with Crippen molar-refractivity contribution < 1.29 is 12.9 Å². The van der Waals surface area contributed by atoms with E-state index in [4.69, 9.17) is 0 Å². The molecule has 5 heteroatoms. The number of aryl methyl sites for hydroxylation is 1. The maximum atomic E-state index is 11.7. The summed E-state index contributed by atoms with van der Waals surface area (Å²) in [6.45, 7) is -4.60. The normalized spacial score (nSPS) is 11.9. The van der Waals surface area contributed by atoms with Gasteiger partial charge in [-0.25, -0.2) is 0 Å². The Bertz CT molecular complexity index is 204. The topological polar surface area (TPSA) is 0 Å². The van der Waals surface area contributed by atoms with Gasteiger partial charge in [-0.05, 0) is 22.4 Å². The third kappa shape index (κ3) is 3.46. The molecular formula is C6H7BF3S-. The minimum Gasteiger partial charge on any atom is -0.449 e. The molecule has 1 aromatic rings. The van der Waals surface area contributed by atoms with Gasteiger partial charge in [0.15, 0.2) is 0 Å². The van der Waals surface area contributed by atoms with Crippen LogP contribution < -0.4 is 0 Å². The second-order valence-corrected chi connectivity index (χ2v) is 3.16. The van der Waals surface area contributed by atoms with Crippen molar-refractivity contribution in [2.45, 2.75) is 12.7 Å². The van der Waals surface area contributed by atoms with Crippen LogP contribution in [0.2, 0.25) is 6.32 Å². The molecular weight excluding hydrogens is 172 g/mol. The zero-order chi connectivity index (χ0) is 8.32. The van der Waals surface area contributed by atoms with E-state index in [0.29, 0.717) is 0 Å². The molecule has 0 saturated heterocycles. The van der Waals surface area contributed by atoms with E-state index in [2.05, 4.69) is 0 Å².